The number of halogens is 1. The lowest BCUT2D eigenvalue weighted by molar-refractivity contribution is 0.627. The fraction of sp³-hybridized carbons (Fsp3) is 0.0714. The molecule has 0 unspecified atom stereocenters. The number of hydrogen-bond acceptors (Lipinski definition) is 2. The molecule has 0 aliphatic carbocycles. The molecule has 0 aliphatic heterocycles. The van der Waals surface area contributed by atoms with E-state index in [1.165, 1.54) is 12.1 Å². The molecule has 3 heteroatoms. The summed E-state index contributed by atoms with van der Waals surface area (Å²) in [7, 11) is 0. The average Bonchev–Trinajstić information content (AvgIpc) is 2.38. The second-order valence-electron chi connectivity index (χ2n) is 3.28. The molecule has 0 amide bonds. The maximum absolute atomic E-state index is 12.6. The highest BCUT2D eigenvalue weighted by Gasteiger charge is 1.90. The van der Waals surface area contributed by atoms with Crippen LogP contribution in [0.15, 0.2) is 53.7 Å². The molecule has 17 heavy (non-hydrogen) atoms. The first-order valence-electron chi connectivity index (χ1n) is 5.12. The van der Waals surface area contributed by atoms with Crippen molar-refractivity contribution in [3.05, 3.63) is 60.2 Å². The van der Waals surface area contributed by atoms with Crippen LogP contribution in [0.1, 0.15) is 5.56 Å². The number of nitrogens with zero attached hydrogens (tertiary/aromatic N) is 1. The van der Waals surface area contributed by atoms with Gasteiger partial charge >= 0.3 is 0 Å². The number of thioether (sulfide) groups is 1. The summed E-state index contributed by atoms with van der Waals surface area (Å²) in [5, 5.41) is 0. The Balaban J connectivity index is 1.89. The van der Waals surface area contributed by atoms with Crippen LogP contribution < -0.4 is 0 Å². The second-order valence-corrected chi connectivity index (χ2v) is 4.33. The molecule has 1 heterocycles. The third-order valence-corrected chi connectivity index (χ3v) is 2.93. The van der Waals surface area contributed by atoms with E-state index in [1.807, 2.05) is 12.1 Å². The highest BCUT2D eigenvalue weighted by atomic mass is 32.2. The predicted octanol–water partition coefficient (Wildman–Crippen LogP) is 3.36. The molecule has 1 nitrogen and oxygen atoms in total. The fourth-order valence-electron chi connectivity index (χ4n) is 1.23. The summed E-state index contributed by atoms with van der Waals surface area (Å²) in [4.78, 5) is 5.09. The lowest BCUT2D eigenvalue weighted by atomic mass is 10.2. The molecule has 1 aromatic heterocycles. The number of benzene rings is 1. The van der Waals surface area contributed by atoms with Gasteiger partial charge in [-0.15, -0.1) is 11.8 Å². The van der Waals surface area contributed by atoms with Crippen LogP contribution in [0.25, 0.3) is 0 Å². The van der Waals surface area contributed by atoms with Crippen LogP contribution in [-0.2, 0) is 0 Å². The molecule has 0 saturated heterocycles. The minimum Gasteiger partial charge on any atom is -0.265 e. The van der Waals surface area contributed by atoms with Crippen LogP contribution in [0.3, 0.4) is 0 Å². The molecule has 0 spiro atoms. The van der Waals surface area contributed by atoms with Gasteiger partial charge in [0.1, 0.15) is 5.82 Å². The SMILES string of the molecule is Fc1ccc(C#CCSc2ccncc2)cc1. The highest BCUT2D eigenvalue weighted by molar-refractivity contribution is 7.99. The van der Waals surface area contributed by atoms with Crippen molar-refractivity contribution in [2.45, 2.75) is 4.90 Å². The van der Waals surface area contributed by atoms with Crippen molar-refractivity contribution in [3.63, 3.8) is 0 Å². The monoisotopic (exact) mass is 243 g/mol. The van der Waals surface area contributed by atoms with Crippen molar-refractivity contribution in [2.24, 2.45) is 0 Å². The minimum atomic E-state index is -0.235. The molecule has 0 fully saturated rings. The van der Waals surface area contributed by atoms with Gasteiger partial charge in [-0.3, -0.25) is 4.98 Å². The number of hydrogen-bond donors (Lipinski definition) is 0. The van der Waals surface area contributed by atoms with E-state index in [0.717, 1.165) is 10.5 Å². The van der Waals surface area contributed by atoms with Crippen molar-refractivity contribution in [3.8, 4) is 11.8 Å². The molecule has 0 bridgehead atoms. The molecule has 0 saturated carbocycles. The van der Waals surface area contributed by atoms with Crippen LogP contribution in [-0.4, -0.2) is 10.7 Å². The van der Waals surface area contributed by atoms with Crippen molar-refractivity contribution >= 4 is 11.8 Å². The van der Waals surface area contributed by atoms with Crippen LogP contribution in [0.2, 0.25) is 0 Å². The van der Waals surface area contributed by atoms with E-state index in [-0.39, 0.29) is 5.82 Å². The van der Waals surface area contributed by atoms with E-state index in [4.69, 9.17) is 0 Å². The smallest absolute Gasteiger partial charge is 0.123 e. The second kappa shape index (κ2) is 6.07. The third kappa shape index (κ3) is 3.93. The fourth-order valence-corrected chi connectivity index (χ4v) is 1.85. The van der Waals surface area contributed by atoms with E-state index >= 15 is 0 Å². The molecule has 84 valence electrons. The summed E-state index contributed by atoms with van der Waals surface area (Å²) in [6.45, 7) is 0. The molecule has 0 aliphatic rings. The summed E-state index contributed by atoms with van der Waals surface area (Å²) >= 11 is 1.66. The summed E-state index contributed by atoms with van der Waals surface area (Å²) in [6, 6.07) is 10.1. The molecule has 0 N–H and O–H groups in total. The van der Waals surface area contributed by atoms with E-state index in [2.05, 4.69) is 16.8 Å². The van der Waals surface area contributed by atoms with Crippen LogP contribution >= 0.6 is 11.8 Å². The zero-order chi connectivity index (χ0) is 11.9. The average molecular weight is 243 g/mol. The molecule has 0 radical (unpaired) electrons. The van der Waals surface area contributed by atoms with E-state index in [1.54, 1.807) is 36.3 Å². The van der Waals surface area contributed by atoms with Gasteiger partial charge in [-0.05, 0) is 36.4 Å². The molecular weight excluding hydrogens is 233 g/mol. The normalized spacial score (nSPS) is 9.47. The van der Waals surface area contributed by atoms with Crippen molar-refractivity contribution in [2.75, 3.05) is 5.75 Å². The Labute approximate surface area is 104 Å². The van der Waals surface area contributed by atoms with Crippen LogP contribution in [0.4, 0.5) is 4.39 Å². The number of rotatable bonds is 2. The summed E-state index contributed by atoms with van der Waals surface area (Å²) in [5.74, 6) is 6.50. The molecular formula is C14H10FNS. The Morgan fingerprint density at radius 2 is 1.76 bits per heavy atom. The zero-order valence-corrected chi connectivity index (χ0v) is 9.88. The zero-order valence-electron chi connectivity index (χ0n) is 9.06. The summed E-state index contributed by atoms with van der Waals surface area (Å²) in [6.07, 6.45) is 3.52. The molecule has 2 rings (SSSR count). The van der Waals surface area contributed by atoms with Gasteiger partial charge < -0.3 is 0 Å². The Morgan fingerprint density at radius 1 is 1.06 bits per heavy atom. The van der Waals surface area contributed by atoms with Gasteiger partial charge in [0.05, 0.1) is 5.75 Å². The molecule has 0 atom stereocenters. The van der Waals surface area contributed by atoms with Gasteiger partial charge in [0, 0.05) is 22.9 Å². The number of pyridine rings is 1. The van der Waals surface area contributed by atoms with Crippen molar-refractivity contribution in [1.82, 2.24) is 4.98 Å². The van der Waals surface area contributed by atoms with Gasteiger partial charge in [0.15, 0.2) is 0 Å². The van der Waals surface area contributed by atoms with E-state index < -0.39 is 0 Å². The Morgan fingerprint density at radius 3 is 2.47 bits per heavy atom. The maximum Gasteiger partial charge on any atom is 0.123 e. The number of aromatic nitrogens is 1. The highest BCUT2D eigenvalue weighted by Crippen LogP contribution is 2.14. The largest absolute Gasteiger partial charge is 0.265 e. The van der Waals surface area contributed by atoms with Crippen molar-refractivity contribution in [1.29, 1.82) is 0 Å². The topological polar surface area (TPSA) is 12.9 Å². The lowest BCUT2D eigenvalue weighted by Gasteiger charge is -1.94. The van der Waals surface area contributed by atoms with Crippen LogP contribution in [0, 0.1) is 17.7 Å². The first-order valence-corrected chi connectivity index (χ1v) is 6.10. The lowest BCUT2D eigenvalue weighted by Crippen LogP contribution is -1.78. The van der Waals surface area contributed by atoms with E-state index in [0.29, 0.717) is 5.75 Å². The van der Waals surface area contributed by atoms with Crippen molar-refractivity contribution < 1.29 is 4.39 Å². The maximum atomic E-state index is 12.6. The van der Waals surface area contributed by atoms with Gasteiger partial charge in [-0.25, -0.2) is 4.39 Å². The molecule has 2 aromatic rings. The minimum absolute atomic E-state index is 0.235. The van der Waals surface area contributed by atoms with Gasteiger partial charge in [0.2, 0.25) is 0 Å². The van der Waals surface area contributed by atoms with Crippen LogP contribution in [0.5, 0.6) is 0 Å². The standard InChI is InChI=1S/C14H10FNS/c15-13-5-3-12(4-6-13)2-1-11-17-14-7-9-16-10-8-14/h3-10H,11H2. The quantitative estimate of drug-likeness (QED) is 0.592. The summed E-state index contributed by atoms with van der Waals surface area (Å²) in [5.41, 5.74) is 0.835. The van der Waals surface area contributed by atoms with Gasteiger partial charge in [-0.1, -0.05) is 11.8 Å². The third-order valence-electron chi connectivity index (χ3n) is 2.04. The Bertz CT molecular complexity index is 526. The molecule has 1 aromatic carbocycles. The Hall–Kier alpha value is -1.79. The first kappa shape index (κ1) is 11.7. The van der Waals surface area contributed by atoms with E-state index in [9.17, 15) is 4.39 Å². The van der Waals surface area contributed by atoms with Gasteiger partial charge in [-0.2, -0.15) is 0 Å². The van der Waals surface area contributed by atoms with Gasteiger partial charge in [0.25, 0.3) is 0 Å². The first-order chi connectivity index (χ1) is 8.34. The Kier molecular flexibility index (Phi) is 4.17. The predicted molar refractivity (Wildman–Crippen MR) is 68.2 cm³/mol. The summed E-state index contributed by atoms with van der Waals surface area (Å²) < 4.78 is 12.6.